The molecule has 2 rings (SSSR count). The minimum absolute atomic E-state index is 0.433. The molecule has 1 aliphatic rings. The van der Waals surface area contributed by atoms with E-state index in [4.69, 9.17) is 11.6 Å². The molecule has 11 heavy (non-hydrogen) atoms. The average molecular weight is 205 g/mol. The van der Waals surface area contributed by atoms with E-state index in [9.17, 15) is 0 Å². The average Bonchev–Trinajstić information content (AvgIpc) is 2.31. The number of halogens is 1. The Balaban J connectivity index is 2.43. The topological polar surface area (TPSA) is 0 Å². The van der Waals surface area contributed by atoms with Crippen LogP contribution >= 0.6 is 35.6 Å². The van der Waals surface area contributed by atoms with E-state index >= 15 is 0 Å². The quantitative estimate of drug-likeness (QED) is 0.612. The van der Waals surface area contributed by atoms with E-state index in [-0.39, 0.29) is 0 Å². The lowest BCUT2D eigenvalue weighted by Gasteiger charge is -2.16. The van der Waals surface area contributed by atoms with Crippen LogP contribution < -0.4 is 0 Å². The van der Waals surface area contributed by atoms with E-state index in [2.05, 4.69) is 18.7 Å². The molecule has 0 radical (unpaired) electrons. The summed E-state index contributed by atoms with van der Waals surface area (Å²) in [5, 5.41) is 0.433. The lowest BCUT2D eigenvalue weighted by atomic mass is 9.99. The van der Waals surface area contributed by atoms with E-state index in [0.29, 0.717) is 5.25 Å². The lowest BCUT2D eigenvalue weighted by Crippen LogP contribution is -2.00. The molecule has 0 saturated carbocycles. The maximum Gasteiger partial charge on any atom is 0.0934 e. The second kappa shape index (κ2) is 3.00. The van der Waals surface area contributed by atoms with Gasteiger partial charge in [-0.3, -0.25) is 0 Å². The molecule has 0 aliphatic heterocycles. The van der Waals surface area contributed by atoms with Gasteiger partial charge in [0.2, 0.25) is 0 Å². The van der Waals surface area contributed by atoms with Gasteiger partial charge in [0.25, 0.3) is 0 Å². The molecule has 0 fully saturated rings. The summed E-state index contributed by atoms with van der Waals surface area (Å²) in [6.07, 6.45) is 3.66. The molecule has 1 aromatic rings. The summed E-state index contributed by atoms with van der Waals surface area (Å²) < 4.78 is 0.913. The standard InChI is InChI=1S/C8H9ClS2/c9-8-4-5-6(10)2-1-3-7(5)11-8/h4,6,10H,1-3H2. The number of rotatable bonds is 0. The van der Waals surface area contributed by atoms with Crippen LogP contribution in [0, 0.1) is 0 Å². The molecule has 0 spiro atoms. The van der Waals surface area contributed by atoms with Gasteiger partial charge in [-0.2, -0.15) is 12.6 Å². The Labute approximate surface area is 81.0 Å². The highest BCUT2D eigenvalue weighted by atomic mass is 35.5. The number of thiol groups is 1. The van der Waals surface area contributed by atoms with Crippen molar-refractivity contribution >= 4 is 35.6 Å². The molecule has 0 bridgehead atoms. The number of fused-ring (bicyclic) bond motifs is 1. The molecule has 0 nitrogen and oxygen atoms in total. The SMILES string of the molecule is SC1CCCc2sc(Cl)cc21. The predicted octanol–water partition coefficient (Wildman–Crippen LogP) is 3.71. The Bertz CT molecular complexity index is 267. The zero-order valence-electron chi connectivity index (χ0n) is 6.01. The molecule has 0 aromatic carbocycles. The first kappa shape index (κ1) is 7.96. The molecule has 60 valence electrons. The summed E-state index contributed by atoms with van der Waals surface area (Å²) >= 11 is 12.1. The number of aryl methyl sites for hydroxylation is 1. The van der Waals surface area contributed by atoms with Crippen LogP contribution in [0.3, 0.4) is 0 Å². The van der Waals surface area contributed by atoms with Crippen molar-refractivity contribution in [3.63, 3.8) is 0 Å². The first-order chi connectivity index (χ1) is 5.27. The third-order valence-corrected chi connectivity index (χ3v) is 3.93. The fraction of sp³-hybridized carbons (Fsp3) is 0.500. The predicted molar refractivity (Wildman–Crippen MR) is 54.0 cm³/mol. The Hall–Kier alpha value is 0.340. The number of thiophene rings is 1. The number of hydrogen-bond donors (Lipinski definition) is 1. The van der Waals surface area contributed by atoms with Crippen molar-refractivity contribution in [3.8, 4) is 0 Å². The molecule has 1 aliphatic carbocycles. The van der Waals surface area contributed by atoms with Crippen LogP contribution in [0.25, 0.3) is 0 Å². The first-order valence-corrected chi connectivity index (χ1v) is 5.44. The van der Waals surface area contributed by atoms with Gasteiger partial charge in [-0.15, -0.1) is 11.3 Å². The molecule has 1 heterocycles. The molecule has 3 heteroatoms. The largest absolute Gasteiger partial charge is 0.171 e. The maximum atomic E-state index is 5.90. The van der Waals surface area contributed by atoms with Crippen LogP contribution in [0.4, 0.5) is 0 Å². The van der Waals surface area contributed by atoms with E-state index in [1.165, 1.54) is 29.7 Å². The van der Waals surface area contributed by atoms with Crippen LogP contribution in [-0.4, -0.2) is 0 Å². The van der Waals surface area contributed by atoms with Crippen LogP contribution in [0.15, 0.2) is 6.07 Å². The molecular formula is C8H9ClS2. The van der Waals surface area contributed by atoms with Crippen molar-refractivity contribution in [2.75, 3.05) is 0 Å². The van der Waals surface area contributed by atoms with E-state index in [1.54, 1.807) is 11.3 Å². The van der Waals surface area contributed by atoms with Crippen molar-refractivity contribution in [2.45, 2.75) is 24.5 Å². The van der Waals surface area contributed by atoms with Gasteiger partial charge < -0.3 is 0 Å². The van der Waals surface area contributed by atoms with Crippen molar-refractivity contribution in [2.24, 2.45) is 0 Å². The first-order valence-electron chi connectivity index (χ1n) is 3.73. The summed E-state index contributed by atoms with van der Waals surface area (Å²) in [7, 11) is 0. The normalized spacial score (nSPS) is 23.3. The van der Waals surface area contributed by atoms with Crippen LogP contribution in [-0.2, 0) is 6.42 Å². The molecule has 1 atom stereocenters. The van der Waals surface area contributed by atoms with Gasteiger partial charge in [-0.05, 0) is 30.9 Å². The highest BCUT2D eigenvalue weighted by Crippen LogP contribution is 2.40. The minimum Gasteiger partial charge on any atom is -0.171 e. The maximum absolute atomic E-state index is 5.90. The fourth-order valence-corrected chi connectivity index (χ4v) is 3.38. The van der Waals surface area contributed by atoms with Crippen molar-refractivity contribution in [3.05, 3.63) is 20.8 Å². The Kier molecular flexibility index (Phi) is 2.17. The Morgan fingerprint density at radius 2 is 2.45 bits per heavy atom. The summed E-state index contributed by atoms with van der Waals surface area (Å²) in [6.45, 7) is 0. The van der Waals surface area contributed by atoms with Crippen LogP contribution in [0.1, 0.15) is 28.5 Å². The van der Waals surface area contributed by atoms with Crippen LogP contribution in [0.2, 0.25) is 4.34 Å². The minimum atomic E-state index is 0.433. The zero-order valence-corrected chi connectivity index (χ0v) is 8.48. The van der Waals surface area contributed by atoms with Gasteiger partial charge in [0.1, 0.15) is 0 Å². The van der Waals surface area contributed by atoms with Gasteiger partial charge >= 0.3 is 0 Å². The van der Waals surface area contributed by atoms with Crippen molar-refractivity contribution in [1.29, 1.82) is 0 Å². The fourth-order valence-electron chi connectivity index (χ4n) is 1.50. The summed E-state index contributed by atoms with van der Waals surface area (Å²) in [4.78, 5) is 1.45. The van der Waals surface area contributed by atoms with Gasteiger partial charge in [-0.25, -0.2) is 0 Å². The second-order valence-electron chi connectivity index (χ2n) is 2.84. The third kappa shape index (κ3) is 1.44. The van der Waals surface area contributed by atoms with Gasteiger partial charge in [0, 0.05) is 10.1 Å². The molecule has 0 amide bonds. The van der Waals surface area contributed by atoms with Crippen LogP contribution in [0.5, 0.6) is 0 Å². The van der Waals surface area contributed by atoms with Gasteiger partial charge in [0.05, 0.1) is 4.34 Å². The summed E-state index contributed by atoms with van der Waals surface area (Å²) in [5.41, 5.74) is 1.37. The highest BCUT2D eigenvalue weighted by molar-refractivity contribution is 7.80. The van der Waals surface area contributed by atoms with Gasteiger partial charge in [-0.1, -0.05) is 11.6 Å². The molecule has 1 aromatic heterocycles. The number of hydrogen-bond acceptors (Lipinski definition) is 2. The lowest BCUT2D eigenvalue weighted by molar-refractivity contribution is 0.688. The van der Waals surface area contributed by atoms with Crippen molar-refractivity contribution < 1.29 is 0 Å². The summed E-state index contributed by atoms with van der Waals surface area (Å²) in [6, 6.07) is 2.07. The van der Waals surface area contributed by atoms with E-state index < -0.39 is 0 Å². The Morgan fingerprint density at radius 3 is 3.18 bits per heavy atom. The van der Waals surface area contributed by atoms with E-state index in [0.717, 1.165) is 4.34 Å². The van der Waals surface area contributed by atoms with E-state index in [1.807, 2.05) is 0 Å². The van der Waals surface area contributed by atoms with Gasteiger partial charge in [0.15, 0.2) is 0 Å². The highest BCUT2D eigenvalue weighted by Gasteiger charge is 2.19. The smallest absolute Gasteiger partial charge is 0.0934 e. The molecule has 1 unspecified atom stereocenters. The molecular weight excluding hydrogens is 196 g/mol. The molecule has 0 N–H and O–H groups in total. The zero-order chi connectivity index (χ0) is 7.84. The monoisotopic (exact) mass is 204 g/mol. The van der Waals surface area contributed by atoms with Crippen molar-refractivity contribution in [1.82, 2.24) is 0 Å². The summed E-state index contributed by atoms with van der Waals surface area (Å²) in [5.74, 6) is 0. The molecule has 0 saturated heterocycles. The third-order valence-electron chi connectivity index (χ3n) is 2.05. The second-order valence-corrected chi connectivity index (χ2v) is 5.23. The Morgan fingerprint density at radius 1 is 1.64 bits per heavy atom.